The van der Waals surface area contributed by atoms with E-state index in [1.807, 2.05) is 0 Å². The zero-order valence-electron chi connectivity index (χ0n) is 44.9. The number of rotatable bonds is 16. The van der Waals surface area contributed by atoms with Gasteiger partial charge in [0.05, 0.1) is 11.7 Å². The van der Waals surface area contributed by atoms with E-state index in [1.54, 1.807) is 22.7 Å². The van der Waals surface area contributed by atoms with Gasteiger partial charge in [-0.25, -0.2) is 0 Å². The molecule has 0 aliphatic rings. The van der Waals surface area contributed by atoms with E-state index in [0.717, 1.165) is 121 Å². The Bertz CT molecular complexity index is 3800. The third-order valence-electron chi connectivity index (χ3n) is 14.7. The second-order valence-corrected chi connectivity index (χ2v) is 22.6. The predicted molar refractivity (Wildman–Crippen MR) is 354 cm³/mol. The molecule has 396 valence electrons. The van der Waals surface area contributed by atoms with Crippen molar-refractivity contribution < 1.29 is 0 Å². The van der Waals surface area contributed by atoms with Gasteiger partial charge < -0.3 is 19.6 Å². The van der Waals surface area contributed by atoms with E-state index in [0.29, 0.717) is 0 Å². The fraction of sp³-hybridized carbons (Fsp3) is 0. The van der Waals surface area contributed by atoms with Gasteiger partial charge in [-0.05, 0) is 169 Å². The highest BCUT2D eigenvalue weighted by Crippen LogP contribution is 2.49. The van der Waals surface area contributed by atoms with Crippen molar-refractivity contribution in [3.63, 3.8) is 0 Å². The van der Waals surface area contributed by atoms with Crippen LogP contribution < -0.4 is 19.6 Å². The topological polar surface area (TPSA) is 38.7 Å². The molecule has 0 saturated carbocycles. The van der Waals surface area contributed by atoms with Crippen LogP contribution in [0.5, 0.6) is 0 Å². The molecule has 0 fully saturated rings. The van der Waals surface area contributed by atoms with Crippen LogP contribution in [-0.4, -0.2) is 8.75 Å². The van der Waals surface area contributed by atoms with Crippen molar-refractivity contribution in [2.75, 3.05) is 19.6 Å². The number of hydrogen-bond acceptors (Lipinski definition) is 9. The molecule has 0 saturated heterocycles. The maximum atomic E-state index is 5.03. The summed E-state index contributed by atoms with van der Waals surface area (Å²) in [7, 11) is 0. The van der Waals surface area contributed by atoms with Crippen molar-refractivity contribution in [2.45, 2.75) is 0 Å². The Kier molecular flexibility index (Phi) is 14.2. The predicted octanol–water partition coefficient (Wildman–Crippen LogP) is 22.4. The van der Waals surface area contributed by atoms with Gasteiger partial charge in [0.25, 0.3) is 0 Å². The summed E-state index contributed by atoms with van der Waals surface area (Å²) in [4.78, 5) is 13.9. The monoisotopic (exact) mass is 1120 g/mol. The lowest BCUT2D eigenvalue weighted by Gasteiger charge is -2.30. The Morgan fingerprint density at radius 3 is 0.651 bits per heavy atom. The zero-order valence-corrected chi connectivity index (χ0v) is 47.4. The third kappa shape index (κ3) is 10.5. The highest BCUT2D eigenvalue weighted by Gasteiger charge is 2.24. The van der Waals surface area contributed by atoms with Gasteiger partial charge in [0.1, 0.15) is 11.0 Å². The van der Waals surface area contributed by atoms with Crippen molar-refractivity contribution in [3.05, 3.63) is 315 Å². The summed E-state index contributed by atoms with van der Waals surface area (Å²) in [5.41, 5.74) is 18.9. The van der Waals surface area contributed by atoms with Crippen LogP contribution in [0, 0.1) is 0 Å². The largest absolute Gasteiger partial charge is 0.310 e. The molecule has 0 spiro atoms. The van der Waals surface area contributed by atoms with Crippen LogP contribution in [0.3, 0.4) is 0 Å². The number of para-hydroxylation sites is 8. The van der Waals surface area contributed by atoms with E-state index in [1.165, 1.54) is 11.7 Å². The molecule has 0 radical (unpaired) electrons. The van der Waals surface area contributed by atoms with Crippen molar-refractivity contribution in [1.82, 2.24) is 8.75 Å². The van der Waals surface area contributed by atoms with E-state index in [4.69, 9.17) is 8.75 Å². The SMILES string of the molecule is c1ccc(N(c2ccccc2)c2cc(-c3ccc(-c4ccc(-c5ccc(-c6cc(N(c7ccccc7)c7ccccc7)cc(N(c7ccccc7)c7ccccc7)c6)s5)c5nsnc45)s3)cc(N(c3ccccc3)c3ccccc3)c2)cc1. The Balaban J connectivity index is 0.863. The first-order valence-electron chi connectivity index (χ1n) is 27.5. The molecule has 0 atom stereocenters. The van der Waals surface area contributed by atoms with Crippen LogP contribution in [0.25, 0.3) is 52.8 Å². The summed E-state index contributed by atoms with van der Waals surface area (Å²) in [6.45, 7) is 0. The first kappa shape index (κ1) is 51.0. The van der Waals surface area contributed by atoms with Gasteiger partial charge in [-0.2, -0.15) is 8.75 Å². The molecule has 14 rings (SSSR count). The molecule has 0 aliphatic carbocycles. The number of thiophene rings is 2. The van der Waals surface area contributed by atoms with Crippen LogP contribution in [0.1, 0.15) is 0 Å². The molecular weight excluding hydrogens is 1070 g/mol. The quantitative estimate of drug-likeness (QED) is 0.0960. The molecule has 0 amide bonds. The highest BCUT2D eigenvalue weighted by atomic mass is 32.1. The number of fused-ring (bicyclic) bond motifs is 1. The Labute approximate surface area is 495 Å². The number of benzene rings is 11. The molecule has 11 aromatic carbocycles. The smallest absolute Gasteiger partial charge is 0.114 e. The molecule has 6 nitrogen and oxygen atoms in total. The molecule has 0 N–H and O–H groups in total. The number of anilines is 12. The van der Waals surface area contributed by atoms with Gasteiger partial charge in [-0.3, -0.25) is 0 Å². The van der Waals surface area contributed by atoms with Gasteiger partial charge in [-0.15, -0.1) is 22.7 Å². The molecule has 9 heteroatoms. The summed E-state index contributed by atoms with van der Waals surface area (Å²) < 4.78 is 10.1. The minimum absolute atomic E-state index is 0.899. The Morgan fingerprint density at radius 2 is 0.422 bits per heavy atom. The van der Waals surface area contributed by atoms with Crippen LogP contribution in [0.15, 0.2) is 315 Å². The van der Waals surface area contributed by atoms with E-state index in [-0.39, 0.29) is 0 Å². The fourth-order valence-corrected chi connectivity index (χ4v) is 13.5. The molecule has 14 aromatic rings. The average Bonchev–Trinajstić information content (AvgIpc) is 4.51. The van der Waals surface area contributed by atoms with Crippen molar-refractivity contribution in [1.29, 1.82) is 0 Å². The van der Waals surface area contributed by atoms with Gasteiger partial charge in [0, 0.05) is 98.9 Å². The molecular formula is C74H52N6S3. The van der Waals surface area contributed by atoms with E-state index < -0.39 is 0 Å². The first-order chi connectivity index (χ1) is 41.2. The van der Waals surface area contributed by atoms with Crippen LogP contribution in [-0.2, 0) is 0 Å². The lowest BCUT2D eigenvalue weighted by Crippen LogP contribution is -2.13. The van der Waals surface area contributed by atoms with Crippen molar-refractivity contribution in [3.8, 4) is 41.8 Å². The van der Waals surface area contributed by atoms with Crippen LogP contribution >= 0.6 is 34.4 Å². The number of aromatic nitrogens is 2. The van der Waals surface area contributed by atoms with E-state index in [9.17, 15) is 0 Å². The number of hydrogen-bond donors (Lipinski definition) is 0. The molecule has 0 unspecified atom stereocenters. The lowest BCUT2D eigenvalue weighted by molar-refractivity contribution is 1.25. The third-order valence-corrected chi connectivity index (χ3v) is 17.5. The Hall–Kier alpha value is -10.2. The second kappa shape index (κ2) is 23.1. The molecule has 3 aromatic heterocycles. The lowest BCUT2D eigenvalue weighted by atomic mass is 10.1. The summed E-state index contributed by atoms with van der Waals surface area (Å²) in [6.07, 6.45) is 0. The summed E-state index contributed by atoms with van der Waals surface area (Å²) in [6, 6.07) is 112. The van der Waals surface area contributed by atoms with Crippen molar-refractivity contribution in [2.24, 2.45) is 0 Å². The molecule has 0 aliphatic heterocycles. The van der Waals surface area contributed by atoms with Gasteiger partial charge in [0.15, 0.2) is 0 Å². The maximum absolute atomic E-state index is 5.03. The summed E-state index contributed by atoms with van der Waals surface area (Å²) in [5.74, 6) is 0. The minimum atomic E-state index is 0.899. The fourth-order valence-electron chi connectivity index (χ4n) is 10.9. The second-order valence-electron chi connectivity index (χ2n) is 20.0. The molecule has 0 bridgehead atoms. The van der Waals surface area contributed by atoms with Gasteiger partial charge in [-0.1, -0.05) is 158 Å². The van der Waals surface area contributed by atoms with Gasteiger partial charge in [0.2, 0.25) is 0 Å². The Morgan fingerprint density at radius 1 is 0.205 bits per heavy atom. The molecule has 83 heavy (non-hydrogen) atoms. The maximum Gasteiger partial charge on any atom is 0.114 e. The normalized spacial score (nSPS) is 11.1. The number of nitrogens with zero attached hydrogens (tertiary/aromatic N) is 6. The average molecular weight is 1120 g/mol. The van der Waals surface area contributed by atoms with Crippen LogP contribution in [0.4, 0.5) is 68.2 Å². The first-order valence-corrected chi connectivity index (χ1v) is 29.9. The highest BCUT2D eigenvalue weighted by molar-refractivity contribution is 7.19. The summed E-state index contributed by atoms with van der Waals surface area (Å²) in [5, 5.41) is 0. The van der Waals surface area contributed by atoms with Crippen molar-refractivity contribution >= 4 is 114 Å². The minimum Gasteiger partial charge on any atom is -0.310 e. The summed E-state index contributed by atoms with van der Waals surface area (Å²) >= 11 is 4.83. The zero-order chi connectivity index (χ0) is 55.3. The molecule has 3 heterocycles. The van der Waals surface area contributed by atoms with Gasteiger partial charge >= 0.3 is 0 Å². The van der Waals surface area contributed by atoms with E-state index >= 15 is 0 Å². The van der Waals surface area contributed by atoms with Crippen LogP contribution in [0.2, 0.25) is 0 Å². The van der Waals surface area contributed by atoms with E-state index in [2.05, 4.69) is 335 Å². The standard InChI is InChI=1S/C74H52N6S3/c1-9-25-55(26-10-1)77(56-27-11-2-12-28-56)63-47-53(48-64(51-63)78(57-29-13-3-14-30-57)58-31-15-4-16-32-58)69-43-45-71(81-69)67-41-42-68(74-73(67)75-83-76-74)72-46-44-70(82-72)54-49-65(79(59-33-17-5-18-34-59)60-35-19-6-20-36-60)52-66(50-54)80(61-37-21-7-22-38-61)62-39-23-8-24-40-62/h1-52H.